The average Bonchev–Trinajstić information content (AvgIpc) is 3.38. The number of anilines is 2. The minimum absolute atomic E-state index is 0.143. The minimum Gasteiger partial charge on any atom is -0.340 e. The Morgan fingerprint density at radius 3 is 2.75 bits per heavy atom. The summed E-state index contributed by atoms with van der Waals surface area (Å²) >= 11 is 1.63. The van der Waals surface area contributed by atoms with Gasteiger partial charge in [-0.25, -0.2) is 15.0 Å². The molecule has 2 aliphatic heterocycles. The zero-order valence-electron chi connectivity index (χ0n) is 23.3. The molecule has 3 aromatic heterocycles. The first-order valence-electron chi connectivity index (χ1n) is 14.6. The van der Waals surface area contributed by atoms with Gasteiger partial charge in [0.2, 0.25) is 5.91 Å². The maximum Gasteiger partial charge on any atom is 0.230 e. The number of carbonyl (C=O) groups is 1. The fourth-order valence-corrected chi connectivity index (χ4v) is 7.23. The van der Waals surface area contributed by atoms with E-state index in [1.807, 2.05) is 17.6 Å². The first-order valence-corrected chi connectivity index (χ1v) is 15.5. The van der Waals surface area contributed by atoms with Crippen LogP contribution in [0.3, 0.4) is 0 Å². The second-order valence-corrected chi connectivity index (χ2v) is 13.1. The summed E-state index contributed by atoms with van der Waals surface area (Å²) in [7, 11) is 0. The van der Waals surface area contributed by atoms with E-state index in [2.05, 4.69) is 67.1 Å². The molecule has 40 heavy (non-hydrogen) atoms. The van der Waals surface area contributed by atoms with Crippen LogP contribution in [-0.2, 0) is 4.79 Å². The third-order valence-electron chi connectivity index (χ3n) is 9.27. The van der Waals surface area contributed by atoms with Crippen LogP contribution in [-0.4, -0.2) is 68.4 Å². The van der Waals surface area contributed by atoms with Gasteiger partial charge in [0.05, 0.1) is 26.5 Å². The summed E-state index contributed by atoms with van der Waals surface area (Å²) in [5.74, 6) is 2.74. The first kappa shape index (κ1) is 25.7. The molecule has 3 aliphatic rings. The van der Waals surface area contributed by atoms with Gasteiger partial charge in [-0.15, -0.1) is 11.3 Å². The van der Waals surface area contributed by atoms with Crippen molar-refractivity contribution in [2.45, 2.75) is 46.0 Å². The van der Waals surface area contributed by atoms with E-state index in [0.29, 0.717) is 12.5 Å². The van der Waals surface area contributed by atoms with Crippen LogP contribution in [0.5, 0.6) is 0 Å². The lowest BCUT2D eigenvalue weighted by Crippen LogP contribution is -2.46. The zero-order chi connectivity index (χ0) is 27.3. The molecule has 1 amide bonds. The number of piperidine rings is 1. The van der Waals surface area contributed by atoms with E-state index in [1.54, 1.807) is 17.7 Å². The van der Waals surface area contributed by atoms with Gasteiger partial charge in [0.1, 0.15) is 17.8 Å². The van der Waals surface area contributed by atoms with E-state index in [0.717, 1.165) is 95.7 Å². The molecule has 8 nitrogen and oxygen atoms in total. The molecule has 0 atom stereocenters. The predicted octanol–water partition coefficient (Wildman–Crippen LogP) is 6.08. The van der Waals surface area contributed by atoms with E-state index < -0.39 is 0 Å². The summed E-state index contributed by atoms with van der Waals surface area (Å²) in [5, 5.41) is 4.42. The predicted molar refractivity (Wildman–Crippen MR) is 162 cm³/mol. The molecule has 9 heteroatoms. The van der Waals surface area contributed by atoms with Gasteiger partial charge in [0.25, 0.3) is 0 Å². The number of hydrogen-bond acceptors (Lipinski definition) is 7. The Bertz CT molecular complexity index is 1570. The van der Waals surface area contributed by atoms with Crippen molar-refractivity contribution in [2.75, 3.05) is 38.0 Å². The first-order chi connectivity index (χ1) is 19.5. The lowest BCUT2D eigenvalue weighted by Gasteiger charge is -2.37. The third-order valence-corrected chi connectivity index (χ3v) is 10.1. The van der Waals surface area contributed by atoms with Crippen LogP contribution in [0.4, 0.5) is 11.5 Å². The highest BCUT2D eigenvalue weighted by Crippen LogP contribution is 2.49. The number of thiazole rings is 1. The van der Waals surface area contributed by atoms with Gasteiger partial charge >= 0.3 is 0 Å². The molecule has 7 rings (SSSR count). The number of benzene rings is 1. The van der Waals surface area contributed by atoms with Crippen molar-refractivity contribution >= 4 is 55.6 Å². The summed E-state index contributed by atoms with van der Waals surface area (Å²) in [6, 6.07) is 8.29. The molecule has 1 aliphatic carbocycles. The summed E-state index contributed by atoms with van der Waals surface area (Å²) in [4.78, 5) is 35.1. The van der Waals surface area contributed by atoms with E-state index in [9.17, 15) is 4.79 Å². The van der Waals surface area contributed by atoms with Crippen molar-refractivity contribution in [3.05, 3.63) is 47.9 Å². The van der Waals surface area contributed by atoms with E-state index in [1.165, 1.54) is 18.4 Å². The molecule has 5 heterocycles. The number of carbonyl (C=O) groups excluding carboxylic acids is 1. The highest BCUT2D eigenvalue weighted by molar-refractivity contribution is 7.16. The van der Waals surface area contributed by atoms with Gasteiger partial charge in [0.15, 0.2) is 0 Å². The topological polar surface area (TPSA) is 90.0 Å². The van der Waals surface area contributed by atoms with Gasteiger partial charge in [-0.1, -0.05) is 19.9 Å². The number of amides is 1. The number of H-pyrrole nitrogens is 1. The zero-order valence-corrected chi connectivity index (χ0v) is 24.1. The van der Waals surface area contributed by atoms with Crippen molar-refractivity contribution in [1.29, 1.82) is 0 Å². The fraction of sp³-hybridized carbons (Fsp3) is 0.484. The Kier molecular flexibility index (Phi) is 6.59. The summed E-state index contributed by atoms with van der Waals surface area (Å²) in [6.45, 7) is 9.34. The molecule has 1 saturated heterocycles. The molecule has 2 N–H and O–H groups in total. The van der Waals surface area contributed by atoms with Gasteiger partial charge in [-0.05, 0) is 86.9 Å². The number of hydrogen-bond donors (Lipinski definition) is 2. The number of likely N-dealkylation sites (tertiary alicyclic amines) is 1. The molecular formula is C31H37N7OS. The van der Waals surface area contributed by atoms with Crippen molar-refractivity contribution < 1.29 is 4.79 Å². The van der Waals surface area contributed by atoms with Crippen LogP contribution in [0.2, 0.25) is 0 Å². The lowest BCUT2D eigenvalue weighted by molar-refractivity contribution is -0.137. The van der Waals surface area contributed by atoms with Crippen molar-refractivity contribution in [3.8, 4) is 0 Å². The van der Waals surface area contributed by atoms with Gasteiger partial charge < -0.3 is 20.1 Å². The van der Waals surface area contributed by atoms with Crippen molar-refractivity contribution in [2.24, 2.45) is 17.3 Å². The average molecular weight is 556 g/mol. The van der Waals surface area contributed by atoms with Crippen LogP contribution in [0.25, 0.3) is 26.8 Å². The quantitative estimate of drug-likeness (QED) is 0.288. The van der Waals surface area contributed by atoms with Crippen molar-refractivity contribution in [3.63, 3.8) is 0 Å². The van der Waals surface area contributed by atoms with Crippen LogP contribution in [0.1, 0.15) is 51.6 Å². The smallest absolute Gasteiger partial charge is 0.230 e. The summed E-state index contributed by atoms with van der Waals surface area (Å²) in [5.41, 5.74) is 6.80. The molecule has 0 spiro atoms. The SMILES string of the molecule is CC(C)C1CCN(CC2(C(=O)N3CC=C(c4cc5c(Nc6ccc7ncsc7c6)ncnc5[nH]4)CC3)CC2)CC1. The van der Waals surface area contributed by atoms with Crippen LogP contribution in [0.15, 0.2) is 42.2 Å². The van der Waals surface area contributed by atoms with E-state index in [4.69, 9.17) is 0 Å². The minimum atomic E-state index is -0.143. The molecule has 0 bridgehead atoms. The van der Waals surface area contributed by atoms with Gasteiger partial charge in [0, 0.05) is 31.0 Å². The standard InChI is InChI=1S/C31H37N7OS/c1-20(2)21-5-11-37(12-6-21)17-31(9-10-31)30(39)38-13-7-22(8-14-38)26-16-24-28(32-18-33-29(24)36-26)35-23-3-4-25-27(15-23)40-19-34-25/h3-4,7,15-16,18-21H,5-6,8-14,17H2,1-2H3,(H2,32,33,35,36). The van der Waals surface area contributed by atoms with Crippen molar-refractivity contribution in [1.82, 2.24) is 29.7 Å². The Morgan fingerprint density at radius 2 is 2.00 bits per heavy atom. The fourth-order valence-electron chi connectivity index (χ4n) is 6.51. The normalized spacial score (nSPS) is 19.9. The molecule has 1 saturated carbocycles. The Labute approximate surface area is 238 Å². The number of aromatic nitrogens is 4. The molecule has 0 radical (unpaired) electrons. The van der Waals surface area contributed by atoms with Crippen LogP contribution < -0.4 is 5.32 Å². The van der Waals surface area contributed by atoms with Crippen LogP contribution >= 0.6 is 11.3 Å². The highest BCUT2D eigenvalue weighted by atomic mass is 32.1. The number of rotatable bonds is 7. The second kappa shape index (κ2) is 10.3. The monoisotopic (exact) mass is 555 g/mol. The Hall–Kier alpha value is -3.30. The number of fused-ring (bicyclic) bond motifs is 2. The molecular weight excluding hydrogens is 518 g/mol. The molecule has 4 aromatic rings. The maximum atomic E-state index is 13.6. The van der Waals surface area contributed by atoms with E-state index >= 15 is 0 Å². The van der Waals surface area contributed by atoms with Gasteiger partial charge in [-0.3, -0.25) is 4.79 Å². The summed E-state index contributed by atoms with van der Waals surface area (Å²) < 4.78 is 1.14. The van der Waals surface area contributed by atoms with Crippen LogP contribution in [0, 0.1) is 17.3 Å². The third kappa shape index (κ3) is 4.90. The largest absolute Gasteiger partial charge is 0.340 e. The number of aromatic amines is 1. The number of nitrogens with one attached hydrogen (secondary N) is 2. The molecule has 2 fully saturated rings. The van der Waals surface area contributed by atoms with E-state index in [-0.39, 0.29) is 5.41 Å². The molecule has 0 unspecified atom stereocenters. The Balaban J connectivity index is 1.02. The lowest BCUT2D eigenvalue weighted by atomic mass is 9.86. The number of nitrogens with zero attached hydrogens (tertiary/aromatic N) is 5. The highest BCUT2D eigenvalue weighted by Gasteiger charge is 2.52. The molecule has 1 aromatic carbocycles. The maximum absolute atomic E-state index is 13.6. The Morgan fingerprint density at radius 1 is 1.15 bits per heavy atom. The molecule has 208 valence electrons. The van der Waals surface area contributed by atoms with Gasteiger partial charge in [-0.2, -0.15) is 0 Å². The second-order valence-electron chi connectivity index (χ2n) is 12.2. The summed E-state index contributed by atoms with van der Waals surface area (Å²) in [6.07, 6.45) is 9.26.